The summed E-state index contributed by atoms with van der Waals surface area (Å²) in [6.45, 7) is 1.80. The summed E-state index contributed by atoms with van der Waals surface area (Å²) in [7, 11) is -3.60. The standard InChI is InChI=1S/C14H14BrClN2O2S/c1-10(6-11-4-2-3-5-14(11)16)18-21(19,20)13-7-12(15)8-17-9-13/h2-5,7-10,18H,6H2,1H3. The Morgan fingerprint density at radius 1 is 1.33 bits per heavy atom. The van der Waals surface area contributed by atoms with Crippen LogP contribution in [0.2, 0.25) is 5.02 Å². The number of pyridine rings is 1. The van der Waals surface area contributed by atoms with Crippen molar-refractivity contribution in [3.8, 4) is 0 Å². The van der Waals surface area contributed by atoms with E-state index in [2.05, 4.69) is 25.6 Å². The van der Waals surface area contributed by atoms with Crippen molar-refractivity contribution in [2.24, 2.45) is 0 Å². The topological polar surface area (TPSA) is 59.1 Å². The Balaban J connectivity index is 2.12. The Morgan fingerprint density at radius 3 is 2.71 bits per heavy atom. The van der Waals surface area contributed by atoms with Gasteiger partial charge in [0.15, 0.2) is 0 Å². The van der Waals surface area contributed by atoms with Gasteiger partial charge in [-0.1, -0.05) is 29.8 Å². The second kappa shape index (κ2) is 6.87. The Kier molecular flexibility index (Phi) is 5.37. The van der Waals surface area contributed by atoms with Gasteiger partial charge in [0.25, 0.3) is 0 Å². The third kappa shape index (κ3) is 4.51. The second-order valence-electron chi connectivity index (χ2n) is 4.66. The molecule has 1 N–H and O–H groups in total. The minimum Gasteiger partial charge on any atom is -0.262 e. The van der Waals surface area contributed by atoms with Crippen LogP contribution in [0.5, 0.6) is 0 Å². The zero-order valence-electron chi connectivity index (χ0n) is 11.3. The van der Waals surface area contributed by atoms with Gasteiger partial charge in [0.05, 0.1) is 0 Å². The lowest BCUT2D eigenvalue weighted by molar-refractivity contribution is 0.559. The first-order valence-electron chi connectivity index (χ1n) is 6.25. The first-order chi connectivity index (χ1) is 9.88. The zero-order chi connectivity index (χ0) is 15.5. The highest BCUT2D eigenvalue weighted by Gasteiger charge is 2.18. The number of hydrogen-bond acceptors (Lipinski definition) is 3. The number of nitrogens with one attached hydrogen (secondary N) is 1. The highest BCUT2D eigenvalue weighted by atomic mass is 79.9. The van der Waals surface area contributed by atoms with E-state index in [0.29, 0.717) is 15.9 Å². The minimum atomic E-state index is -3.60. The van der Waals surface area contributed by atoms with Gasteiger partial charge in [-0.2, -0.15) is 0 Å². The van der Waals surface area contributed by atoms with E-state index in [0.717, 1.165) is 5.56 Å². The van der Waals surface area contributed by atoms with E-state index >= 15 is 0 Å². The fourth-order valence-electron chi connectivity index (χ4n) is 1.91. The van der Waals surface area contributed by atoms with Gasteiger partial charge in [0.2, 0.25) is 10.0 Å². The molecule has 0 spiro atoms. The fraction of sp³-hybridized carbons (Fsp3) is 0.214. The van der Waals surface area contributed by atoms with Crippen molar-refractivity contribution in [2.75, 3.05) is 0 Å². The molecular weight excluding hydrogens is 376 g/mol. The van der Waals surface area contributed by atoms with Gasteiger partial charge in [-0.15, -0.1) is 0 Å². The molecule has 7 heteroatoms. The number of rotatable bonds is 5. The number of nitrogens with zero attached hydrogens (tertiary/aromatic N) is 1. The van der Waals surface area contributed by atoms with Crippen LogP contribution in [0.15, 0.2) is 52.1 Å². The van der Waals surface area contributed by atoms with Crippen LogP contribution in [0.25, 0.3) is 0 Å². The number of aromatic nitrogens is 1. The largest absolute Gasteiger partial charge is 0.262 e. The third-order valence-electron chi connectivity index (χ3n) is 2.83. The van der Waals surface area contributed by atoms with Gasteiger partial charge in [0, 0.05) is 27.9 Å². The Morgan fingerprint density at radius 2 is 2.05 bits per heavy atom. The van der Waals surface area contributed by atoms with Crippen molar-refractivity contribution in [1.82, 2.24) is 9.71 Å². The molecule has 0 bridgehead atoms. The molecule has 1 atom stereocenters. The molecule has 0 aliphatic rings. The van der Waals surface area contributed by atoms with Gasteiger partial charge in [-0.3, -0.25) is 4.98 Å². The predicted octanol–water partition coefficient (Wildman–Crippen LogP) is 3.41. The van der Waals surface area contributed by atoms with Crippen molar-refractivity contribution in [3.63, 3.8) is 0 Å². The van der Waals surface area contributed by atoms with Crippen LogP contribution in [-0.4, -0.2) is 19.4 Å². The molecule has 0 fully saturated rings. The smallest absolute Gasteiger partial charge is 0.242 e. The molecule has 21 heavy (non-hydrogen) atoms. The molecule has 0 saturated heterocycles. The molecule has 4 nitrogen and oxygen atoms in total. The normalized spacial score (nSPS) is 13.1. The van der Waals surface area contributed by atoms with E-state index in [1.54, 1.807) is 13.0 Å². The molecule has 1 aromatic carbocycles. The Labute approximate surface area is 137 Å². The molecule has 1 unspecified atom stereocenters. The molecule has 0 aliphatic heterocycles. The lowest BCUT2D eigenvalue weighted by atomic mass is 10.1. The lowest BCUT2D eigenvalue weighted by Gasteiger charge is -2.15. The Bertz CT molecular complexity index is 737. The summed E-state index contributed by atoms with van der Waals surface area (Å²) in [5.74, 6) is 0. The molecular formula is C14H14BrClN2O2S. The summed E-state index contributed by atoms with van der Waals surface area (Å²) in [5, 5.41) is 0.632. The SMILES string of the molecule is CC(Cc1ccccc1Cl)NS(=O)(=O)c1cncc(Br)c1. The van der Waals surface area contributed by atoms with Crippen LogP contribution in [0.1, 0.15) is 12.5 Å². The van der Waals surface area contributed by atoms with Crippen molar-refractivity contribution in [1.29, 1.82) is 0 Å². The van der Waals surface area contributed by atoms with Gasteiger partial charge in [-0.05, 0) is 47.0 Å². The fourth-order valence-corrected chi connectivity index (χ4v) is 3.87. The summed E-state index contributed by atoms with van der Waals surface area (Å²) in [6.07, 6.45) is 3.36. The van der Waals surface area contributed by atoms with Crippen LogP contribution in [0, 0.1) is 0 Å². The van der Waals surface area contributed by atoms with Crippen LogP contribution in [-0.2, 0) is 16.4 Å². The summed E-state index contributed by atoms with van der Waals surface area (Å²) >= 11 is 9.30. The van der Waals surface area contributed by atoms with Crippen molar-refractivity contribution in [2.45, 2.75) is 24.3 Å². The predicted molar refractivity (Wildman–Crippen MR) is 86.9 cm³/mol. The van der Waals surface area contributed by atoms with Crippen LogP contribution < -0.4 is 4.72 Å². The number of hydrogen-bond donors (Lipinski definition) is 1. The number of halogens is 2. The average molecular weight is 390 g/mol. The maximum atomic E-state index is 12.3. The maximum absolute atomic E-state index is 12.3. The second-order valence-corrected chi connectivity index (χ2v) is 7.69. The van der Waals surface area contributed by atoms with E-state index in [1.807, 2.05) is 18.2 Å². The van der Waals surface area contributed by atoms with Gasteiger partial charge >= 0.3 is 0 Å². The highest BCUT2D eigenvalue weighted by molar-refractivity contribution is 9.10. The Hall–Kier alpha value is -0.950. The van der Waals surface area contributed by atoms with Gasteiger partial charge in [-0.25, -0.2) is 13.1 Å². The molecule has 1 heterocycles. The highest BCUT2D eigenvalue weighted by Crippen LogP contribution is 2.18. The number of sulfonamides is 1. The van der Waals surface area contributed by atoms with Crippen molar-refractivity contribution < 1.29 is 8.42 Å². The van der Waals surface area contributed by atoms with Crippen molar-refractivity contribution >= 4 is 37.6 Å². The molecule has 1 aromatic heterocycles. The molecule has 0 saturated carbocycles. The monoisotopic (exact) mass is 388 g/mol. The summed E-state index contributed by atoms with van der Waals surface area (Å²) in [4.78, 5) is 4.00. The molecule has 0 radical (unpaired) electrons. The lowest BCUT2D eigenvalue weighted by Crippen LogP contribution is -2.34. The zero-order valence-corrected chi connectivity index (χ0v) is 14.4. The van der Waals surface area contributed by atoms with Crippen LogP contribution in [0.4, 0.5) is 0 Å². The summed E-state index contributed by atoms with van der Waals surface area (Å²) in [5.41, 5.74) is 0.904. The average Bonchev–Trinajstić information content (AvgIpc) is 2.41. The molecule has 112 valence electrons. The molecule has 0 aliphatic carbocycles. The van der Waals surface area contributed by atoms with Gasteiger partial charge in [0.1, 0.15) is 4.90 Å². The van der Waals surface area contributed by atoms with Crippen LogP contribution >= 0.6 is 27.5 Å². The van der Waals surface area contributed by atoms with Crippen LogP contribution in [0.3, 0.4) is 0 Å². The van der Waals surface area contributed by atoms with E-state index in [-0.39, 0.29) is 10.9 Å². The van der Waals surface area contributed by atoms with E-state index in [4.69, 9.17) is 11.6 Å². The first kappa shape index (κ1) is 16.4. The quantitative estimate of drug-likeness (QED) is 0.852. The van der Waals surface area contributed by atoms with Crippen molar-refractivity contribution in [3.05, 3.63) is 57.8 Å². The summed E-state index contributed by atoms with van der Waals surface area (Å²) in [6, 6.07) is 8.62. The minimum absolute atomic E-state index is 0.128. The van der Waals surface area contributed by atoms with E-state index in [9.17, 15) is 8.42 Å². The van der Waals surface area contributed by atoms with E-state index < -0.39 is 10.0 Å². The number of benzene rings is 1. The summed E-state index contributed by atoms with van der Waals surface area (Å²) < 4.78 is 27.8. The third-order valence-corrected chi connectivity index (χ3v) is 5.19. The molecule has 0 amide bonds. The molecule has 2 aromatic rings. The maximum Gasteiger partial charge on any atom is 0.242 e. The van der Waals surface area contributed by atoms with E-state index in [1.165, 1.54) is 18.5 Å². The molecule has 2 rings (SSSR count). The van der Waals surface area contributed by atoms with Gasteiger partial charge < -0.3 is 0 Å². The first-order valence-corrected chi connectivity index (χ1v) is 8.90.